The van der Waals surface area contributed by atoms with Crippen LogP contribution in [0.5, 0.6) is 0 Å². The lowest BCUT2D eigenvalue weighted by Gasteiger charge is -2.27. The molecule has 0 saturated heterocycles. The molecule has 0 fully saturated rings. The molecule has 0 aliphatic heterocycles. The van der Waals surface area contributed by atoms with Crippen molar-refractivity contribution in [3.63, 3.8) is 0 Å². The monoisotopic (exact) mass is 419 g/mol. The number of rotatable bonds is 5. The maximum Gasteiger partial charge on any atom is 0.279 e. The Balaban J connectivity index is 2.03. The normalized spacial score (nSPS) is 13.1. The Hall–Kier alpha value is -3.87. The molecule has 31 heavy (non-hydrogen) atoms. The molecule has 1 amide bonds. The average Bonchev–Trinajstić information content (AvgIpc) is 2.75. The largest absolute Gasteiger partial charge is 0.369 e. The number of carbonyl (C=O) groups excluding carboxylic acids is 1. The predicted molar refractivity (Wildman–Crippen MR) is 114 cm³/mol. The smallest absolute Gasteiger partial charge is 0.279 e. The molecule has 4 aromatic rings. The van der Waals surface area contributed by atoms with Crippen LogP contribution in [0, 0.1) is 11.6 Å². The fourth-order valence-electron chi connectivity index (χ4n) is 3.71. The number of carbonyl (C=O) groups is 1. The van der Waals surface area contributed by atoms with Crippen LogP contribution in [-0.4, -0.2) is 15.7 Å². The van der Waals surface area contributed by atoms with Crippen molar-refractivity contribution in [3.05, 3.63) is 106 Å². The van der Waals surface area contributed by atoms with E-state index in [9.17, 15) is 18.4 Å². The molecule has 0 saturated carbocycles. The third-order valence-electron chi connectivity index (χ3n) is 5.41. The number of hydrogen-bond donors (Lipinski definition) is 1. The summed E-state index contributed by atoms with van der Waals surface area (Å²) in [5.74, 6) is -2.36. The van der Waals surface area contributed by atoms with Gasteiger partial charge in [0, 0.05) is 11.5 Å². The van der Waals surface area contributed by atoms with Crippen LogP contribution in [-0.2, 0) is 16.6 Å². The first-order valence-corrected chi connectivity index (χ1v) is 9.63. The molecular formula is C24H19F2N3O2. The molecule has 1 heterocycles. The molecule has 156 valence electrons. The molecular weight excluding hydrogens is 400 g/mol. The Morgan fingerprint density at radius 2 is 1.65 bits per heavy atom. The molecule has 3 aromatic carbocycles. The third-order valence-corrected chi connectivity index (χ3v) is 5.41. The van der Waals surface area contributed by atoms with Gasteiger partial charge in [-0.05, 0) is 37.1 Å². The second-order valence-corrected chi connectivity index (χ2v) is 7.57. The van der Waals surface area contributed by atoms with E-state index in [-0.39, 0.29) is 23.2 Å². The molecule has 4 rings (SSSR count). The molecule has 1 atom stereocenters. The second kappa shape index (κ2) is 7.75. The van der Waals surface area contributed by atoms with Crippen LogP contribution in [0.15, 0.2) is 77.6 Å². The summed E-state index contributed by atoms with van der Waals surface area (Å²) in [5.41, 5.74) is 4.81. The van der Waals surface area contributed by atoms with Crippen molar-refractivity contribution in [2.45, 2.75) is 18.8 Å². The number of nitrogens with two attached hydrogens (primary N) is 1. The minimum atomic E-state index is -1.30. The van der Waals surface area contributed by atoms with Crippen LogP contribution in [0.2, 0.25) is 0 Å². The van der Waals surface area contributed by atoms with E-state index in [4.69, 9.17) is 5.73 Å². The first-order chi connectivity index (χ1) is 14.8. The van der Waals surface area contributed by atoms with Gasteiger partial charge in [-0.2, -0.15) is 9.78 Å². The van der Waals surface area contributed by atoms with Gasteiger partial charge in [0.2, 0.25) is 5.91 Å². The highest BCUT2D eigenvalue weighted by molar-refractivity contribution is 5.93. The third kappa shape index (κ3) is 3.59. The van der Waals surface area contributed by atoms with Crippen molar-refractivity contribution >= 4 is 16.7 Å². The number of benzene rings is 3. The number of fused-ring (bicyclic) bond motifs is 1. The van der Waals surface area contributed by atoms with Crippen molar-refractivity contribution in [1.82, 2.24) is 9.78 Å². The maximum atomic E-state index is 14.5. The molecule has 0 aliphatic carbocycles. The van der Waals surface area contributed by atoms with Crippen molar-refractivity contribution < 1.29 is 13.6 Å². The van der Waals surface area contributed by atoms with Gasteiger partial charge in [-0.25, -0.2) is 8.78 Å². The number of amides is 1. The number of aromatic nitrogens is 2. The van der Waals surface area contributed by atoms with Gasteiger partial charge < -0.3 is 5.73 Å². The summed E-state index contributed by atoms with van der Waals surface area (Å²) in [6, 6.07) is 18.8. The van der Waals surface area contributed by atoms with Gasteiger partial charge in [0.05, 0.1) is 16.5 Å². The summed E-state index contributed by atoms with van der Waals surface area (Å²) in [4.78, 5) is 25.8. The predicted octanol–water partition coefficient (Wildman–Crippen LogP) is 3.65. The van der Waals surface area contributed by atoms with Gasteiger partial charge in [-0.15, -0.1) is 0 Å². The van der Waals surface area contributed by atoms with Gasteiger partial charge in [-0.1, -0.05) is 48.5 Å². The number of halogens is 2. The Bertz CT molecular complexity index is 1350. The first kappa shape index (κ1) is 20.4. The van der Waals surface area contributed by atoms with E-state index in [2.05, 4.69) is 5.10 Å². The molecule has 0 aliphatic rings. The lowest BCUT2D eigenvalue weighted by Crippen LogP contribution is -2.43. The Morgan fingerprint density at radius 1 is 1.00 bits per heavy atom. The Kier molecular flexibility index (Phi) is 5.10. The molecule has 1 unspecified atom stereocenters. The zero-order chi connectivity index (χ0) is 22.2. The summed E-state index contributed by atoms with van der Waals surface area (Å²) in [6.07, 6.45) is 0.226. The summed E-state index contributed by atoms with van der Waals surface area (Å²) in [7, 11) is 0. The number of primary amides is 1. The van der Waals surface area contributed by atoms with E-state index in [0.717, 1.165) is 22.4 Å². The number of nitrogens with zero attached hydrogens (tertiary/aromatic N) is 2. The Labute approximate surface area is 176 Å². The highest BCUT2D eigenvalue weighted by Gasteiger charge is 2.38. The molecule has 1 aromatic heterocycles. The topological polar surface area (TPSA) is 78.0 Å². The summed E-state index contributed by atoms with van der Waals surface area (Å²) in [6.45, 7) is 1.65. The van der Waals surface area contributed by atoms with E-state index < -0.39 is 28.5 Å². The van der Waals surface area contributed by atoms with Crippen molar-refractivity contribution in [1.29, 1.82) is 0 Å². The summed E-state index contributed by atoms with van der Waals surface area (Å²) in [5, 5.41) is 5.09. The van der Waals surface area contributed by atoms with Crippen LogP contribution in [0.4, 0.5) is 8.78 Å². The van der Waals surface area contributed by atoms with Crippen molar-refractivity contribution in [2.24, 2.45) is 5.73 Å². The molecule has 7 heteroatoms. The fourth-order valence-corrected chi connectivity index (χ4v) is 3.71. The van der Waals surface area contributed by atoms with E-state index >= 15 is 0 Å². The quantitative estimate of drug-likeness (QED) is 0.536. The zero-order valence-corrected chi connectivity index (χ0v) is 16.7. The number of hydrogen-bond acceptors (Lipinski definition) is 3. The standard InChI is InChI=1S/C24H19F2N3O2/c1-24(23(27)31,14-15-7-3-2-4-8-15)21-17-9-5-6-10-18(17)22(30)29(28-21)20-12-11-16(25)13-19(20)26/h2-13H,14H2,1H3,(H2,27,31). The molecule has 0 spiro atoms. The zero-order valence-electron chi connectivity index (χ0n) is 16.7. The van der Waals surface area contributed by atoms with Gasteiger partial charge >= 0.3 is 0 Å². The van der Waals surface area contributed by atoms with Gasteiger partial charge in [0.25, 0.3) is 5.56 Å². The highest BCUT2D eigenvalue weighted by atomic mass is 19.1. The minimum Gasteiger partial charge on any atom is -0.369 e. The lowest BCUT2D eigenvalue weighted by molar-refractivity contribution is -0.123. The van der Waals surface area contributed by atoms with E-state index in [0.29, 0.717) is 11.5 Å². The van der Waals surface area contributed by atoms with E-state index in [1.807, 2.05) is 30.3 Å². The Morgan fingerprint density at radius 3 is 2.29 bits per heavy atom. The van der Waals surface area contributed by atoms with E-state index in [1.54, 1.807) is 31.2 Å². The minimum absolute atomic E-state index is 0.218. The average molecular weight is 419 g/mol. The summed E-state index contributed by atoms with van der Waals surface area (Å²) < 4.78 is 28.8. The van der Waals surface area contributed by atoms with E-state index in [1.165, 1.54) is 0 Å². The highest BCUT2D eigenvalue weighted by Crippen LogP contribution is 2.31. The molecule has 2 N–H and O–H groups in total. The SMILES string of the molecule is CC(Cc1ccccc1)(C(N)=O)c1nn(-c2ccc(F)cc2F)c(=O)c2ccccc12. The second-order valence-electron chi connectivity index (χ2n) is 7.57. The van der Waals surface area contributed by atoms with Crippen molar-refractivity contribution in [2.75, 3.05) is 0 Å². The van der Waals surface area contributed by atoms with Crippen LogP contribution in [0.1, 0.15) is 18.2 Å². The molecule has 5 nitrogen and oxygen atoms in total. The fraction of sp³-hybridized carbons (Fsp3) is 0.125. The maximum absolute atomic E-state index is 14.5. The van der Waals surface area contributed by atoms with Gasteiger partial charge in [-0.3, -0.25) is 9.59 Å². The summed E-state index contributed by atoms with van der Waals surface area (Å²) >= 11 is 0. The van der Waals surface area contributed by atoms with Gasteiger partial charge in [0.15, 0.2) is 5.82 Å². The molecule has 0 bridgehead atoms. The van der Waals surface area contributed by atoms with Crippen molar-refractivity contribution in [3.8, 4) is 5.69 Å². The molecule has 0 radical (unpaired) electrons. The van der Waals surface area contributed by atoms with Crippen LogP contribution in [0.25, 0.3) is 16.5 Å². The first-order valence-electron chi connectivity index (χ1n) is 9.63. The van der Waals surface area contributed by atoms with Crippen LogP contribution in [0.3, 0.4) is 0 Å². The van der Waals surface area contributed by atoms with Crippen LogP contribution < -0.4 is 11.3 Å². The van der Waals surface area contributed by atoms with Gasteiger partial charge in [0.1, 0.15) is 11.5 Å². The van der Waals surface area contributed by atoms with Crippen LogP contribution >= 0.6 is 0 Å². The lowest BCUT2D eigenvalue weighted by atomic mass is 9.78.